The van der Waals surface area contributed by atoms with E-state index in [-0.39, 0.29) is 10.8 Å². The Morgan fingerprint density at radius 2 is 2.17 bits per heavy atom. The zero-order valence-corrected chi connectivity index (χ0v) is 14.4. The second kappa shape index (κ2) is 5.90. The van der Waals surface area contributed by atoms with Crippen molar-refractivity contribution >= 4 is 33.2 Å². The van der Waals surface area contributed by atoms with Crippen LogP contribution >= 0.6 is 27.3 Å². The molecule has 1 atom stereocenters. The number of fused-ring (bicyclic) bond motifs is 1. The van der Waals surface area contributed by atoms with Gasteiger partial charge in [-0.15, -0.1) is 11.3 Å². The quantitative estimate of drug-likeness (QED) is 0.690. The van der Waals surface area contributed by atoms with Crippen LogP contribution in [0.4, 0.5) is 13.2 Å². The summed E-state index contributed by atoms with van der Waals surface area (Å²) in [5.41, 5.74) is 2.17. The predicted molar refractivity (Wildman–Crippen MR) is 84.4 cm³/mol. The summed E-state index contributed by atoms with van der Waals surface area (Å²) in [4.78, 5) is 17.4. The minimum Gasteiger partial charge on any atom is -0.333 e. The Balaban J connectivity index is 1.85. The predicted octanol–water partition coefficient (Wildman–Crippen LogP) is 4.68. The summed E-state index contributed by atoms with van der Waals surface area (Å²) in [5.74, 6) is -0.277. The molecule has 8 heteroatoms. The standard InChI is InChI=1S/C15H12BrF3N2OS/c1-8-6-21(7-9-4-10(16)2-3-11(8)9)13(22)12-5-20-14(23-12)15(17,18)19/h2-5,8H,6-7H2,1H3. The van der Waals surface area contributed by atoms with Gasteiger partial charge in [-0.3, -0.25) is 4.79 Å². The molecule has 0 saturated heterocycles. The highest BCUT2D eigenvalue weighted by Crippen LogP contribution is 2.34. The van der Waals surface area contributed by atoms with E-state index in [4.69, 9.17) is 0 Å². The molecule has 1 aromatic heterocycles. The molecule has 0 spiro atoms. The van der Waals surface area contributed by atoms with E-state index in [1.807, 2.05) is 25.1 Å². The van der Waals surface area contributed by atoms with Crippen LogP contribution in [-0.4, -0.2) is 22.3 Å². The minimum atomic E-state index is -4.52. The summed E-state index contributed by atoms with van der Waals surface area (Å²) in [6.07, 6.45) is -3.51. The van der Waals surface area contributed by atoms with E-state index in [0.29, 0.717) is 24.4 Å². The molecule has 0 fully saturated rings. The van der Waals surface area contributed by atoms with Crippen LogP contribution < -0.4 is 0 Å². The molecule has 1 aliphatic rings. The zero-order chi connectivity index (χ0) is 16.8. The van der Waals surface area contributed by atoms with E-state index in [9.17, 15) is 18.0 Å². The van der Waals surface area contributed by atoms with E-state index < -0.39 is 17.1 Å². The van der Waals surface area contributed by atoms with Crippen molar-refractivity contribution in [3.05, 3.63) is 49.9 Å². The maximum atomic E-state index is 12.6. The van der Waals surface area contributed by atoms with Gasteiger partial charge in [0, 0.05) is 17.6 Å². The highest BCUT2D eigenvalue weighted by Gasteiger charge is 2.36. The van der Waals surface area contributed by atoms with Gasteiger partial charge in [0.2, 0.25) is 0 Å². The van der Waals surface area contributed by atoms with Gasteiger partial charge in [0.1, 0.15) is 4.88 Å². The number of thiazole rings is 1. The number of halogens is 4. The normalized spacial score (nSPS) is 18.0. The van der Waals surface area contributed by atoms with Crippen LogP contribution in [0.2, 0.25) is 0 Å². The Bertz CT molecular complexity index is 759. The topological polar surface area (TPSA) is 33.2 Å². The molecular formula is C15H12BrF3N2OS. The molecule has 3 rings (SSSR count). The van der Waals surface area contributed by atoms with E-state index >= 15 is 0 Å². The molecule has 1 aliphatic heterocycles. The van der Waals surface area contributed by atoms with Crippen LogP contribution in [0.15, 0.2) is 28.9 Å². The fraction of sp³-hybridized carbons (Fsp3) is 0.333. The molecule has 0 aliphatic carbocycles. The maximum Gasteiger partial charge on any atom is 0.443 e. The lowest BCUT2D eigenvalue weighted by molar-refractivity contribution is -0.137. The molecular weight excluding hydrogens is 393 g/mol. The maximum absolute atomic E-state index is 12.6. The number of nitrogens with zero attached hydrogens (tertiary/aromatic N) is 2. The highest BCUT2D eigenvalue weighted by molar-refractivity contribution is 9.10. The van der Waals surface area contributed by atoms with E-state index in [2.05, 4.69) is 20.9 Å². The van der Waals surface area contributed by atoms with Gasteiger partial charge in [-0.1, -0.05) is 28.9 Å². The van der Waals surface area contributed by atoms with E-state index in [1.165, 1.54) is 0 Å². The molecule has 1 amide bonds. The van der Waals surface area contributed by atoms with Gasteiger partial charge in [0.15, 0.2) is 5.01 Å². The van der Waals surface area contributed by atoms with Crippen LogP contribution in [0, 0.1) is 0 Å². The average Bonchev–Trinajstić information content (AvgIpc) is 2.95. The van der Waals surface area contributed by atoms with Gasteiger partial charge in [0.25, 0.3) is 5.91 Å². The molecule has 1 aromatic carbocycles. The molecule has 0 saturated carbocycles. The number of alkyl halides is 3. The molecule has 0 bridgehead atoms. The molecule has 0 radical (unpaired) electrons. The first-order valence-corrected chi connectivity index (χ1v) is 8.47. The first kappa shape index (κ1) is 16.4. The Morgan fingerprint density at radius 1 is 1.43 bits per heavy atom. The fourth-order valence-corrected chi connectivity index (χ4v) is 3.87. The number of aromatic nitrogens is 1. The molecule has 2 heterocycles. The van der Waals surface area contributed by atoms with Crippen molar-refractivity contribution < 1.29 is 18.0 Å². The van der Waals surface area contributed by atoms with Gasteiger partial charge in [-0.05, 0) is 29.2 Å². The third kappa shape index (κ3) is 3.28. The summed E-state index contributed by atoms with van der Waals surface area (Å²) in [6.45, 7) is 2.86. The fourth-order valence-electron chi connectivity index (χ4n) is 2.71. The second-order valence-electron chi connectivity index (χ2n) is 5.46. The molecule has 122 valence electrons. The van der Waals surface area contributed by atoms with Crippen molar-refractivity contribution in [1.82, 2.24) is 9.88 Å². The zero-order valence-electron chi connectivity index (χ0n) is 12.0. The highest BCUT2D eigenvalue weighted by atomic mass is 79.9. The van der Waals surface area contributed by atoms with Crippen LogP contribution in [0.3, 0.4) is 0 Å². The summed E-state index contributed by atoms with van der Waals surface area (Å²) < 4.78 is 38.8. The molecule has 23 heavy (non-hydrogen) atoms. The lowest BCUT2D eigenvalue weighted by Gasteiger charge is -2.33. The van der Waals surface area contributed by atoms with Gasteiger partial charge < -0.3 is 4.90 Å². The van der Waals surface area contributed by atoms with Crippen molar-refractivity contribution in [3.8, 4) is 0 Å². The van der Waals surface area contributed by atoms with Crippen LogP contribution in [-0.2, 0) is 12.7 Å². The Labute approximate surface area is 143 Å². The molecule has 3 nitrogen and oxygen atoms in total. The van der Waals surface area contributed by atoms with Crippen LogP contribution in [0.5, 0.6) is 0 Å². The smallest absolute Gasteiger partial charge is 0.333 e. The number of benzene rings is 1. The summed E-state index contributed by atoms with van der Waals surface area (Å²) in [6, 6.07) is 5.91. The van der Waals surface area contributed by atoms with Gasteiger partial charge in [-0.2, -0.15) is 13.2 Å². The van der Waals surface area contributed by atoms with Crippen LogP contribution in [0.1, 0.15) is 38.6 Å². The minimum absolute atomic E-state index is 0.0166. The molecule has 1 unspecified atom stereocenters. The lowest BCUT2D eigenvalue weighted by atomic mass is 9.91. The number of hydrogen-bond donors (Lipinski definition) is 0. The molecule has 2 aromatic rings. The van der Waals surface area contributed by atoms with Crippen molar-refractivity contribution in [2.75, 3.05) is 6.54 Å². The van der Waals surface area contributed by atoms with E-state index in [0.717, 1.165) is 21.8 Å². The number of carbonyl (C=O) groups is 1. The lowest BCUT2D eigenvalue weighted by Crippen LogP contribution is -2.37. The largest absolute Gasteiger partial charge is 0.443 e. The van der Waals surface area contributed by atoms with Gasteiger partial charge in [-0.25, -0.2) is 4.98 Å². The van der Waals surface area contributed by atoms with Crippen molar-refractivity contribution in [3.63, 3.8) is 0 Å². The van der Waals surface area contributed by atoms with Gasteiger partial charge in [0.05, 0.1) is 6.20 Å². The van der Waals surface area contributed by atoms with Crippen molar-refractivity contribution in [2.45, 2.75) is 25.6 Å². The van der Waals surface area contributed by atoms with Gasteiger partial charge >= 0.3 is 6.18 Å². The summed E-state index contributed by atoms with van der Waals surface area (Å²) >= 11 is 3.79. The van der Waals surface area contributed by atoms with Crippen molar-refractivity contribution in [2.24, 2.45) is 0 Å². The van der Waals surface area contributed by atoms with Crippen molar-refractivity contribution in [1.29, 1.82) is 0 Å². The average molecular weight is 405 g/mol. The second-order valence-corrected chi connectivity index (χ2v) is 7.40. The first-order valence-electron chi connectivity index (χ1n) is 6.86. The number of hydrogen-bond acceptors (Lipinski definition) is 3. The monoisotopic (exact) mass is 404 g/mol. The third-order valence-electron chi connectivity index (χ3n) is 3.74. The molecule has 0 N–H and O–H groups in total. The SMILES string of the molecule is CC1CN(C(=O)c2cnc(C(F)(F)F)s2)Cc2cc(Br)ccc21. The Kier molecular flexibility index (Phi) is 4.22. The number of carbonyl (C=O) groups excluding carboxylic acids is 1. The third-order valence-corrected chi connectivity index (χ3v) is 5.26. The Hall–Kier alpha value is -1.41. The number of rotatable bonds is 1. The van der Waals surface area contributed by atoms with E-state index in [1.54, 1.807) is 4.90 Å². The summed E-state index contributed by atoms with van der Waals surface area (Å²) in [5, 5.41) is -0.992. The number of amides is 1. The first-order chi connectivity index (χ1) is 10.8. The summed E-state index contributed by atoms with van der Waals surface area (Å²) in [7, 11) is 0. The van der Waals surface area contributed by atoms with Crippen LogP contribution in [0.25, 0.3) is 0 Å². The Morgan fingerprint density at radius 3 is 2.83 bits per heavy atom.